The van der Waals surface area contributed by atoms with Crippen molar-refractivity contribution in [2.75, 3.05) is 18.4 Å². The summed E-state index contributed by atoms with van der Waals surface area (Å²) in [6, 6.07) is 7.60. The zero-order valence-corrected chi connectivity index (χ0v) is 19.0. The number of benzene rings is 1. The standard InChI is InChI=1S/C20H18F3N3O3S3/c21-20(22,23)15-7-2-1-6-14(15)18(27)16-12-25-19(31-16)24-11-13-5-3-9-26(13)32(28,29)17-8-4-10-30-17/h1-2,4,6-8,10,12-13H,3,5,9,11H2,(H,24,25)/t13-/m0/s1. The van der Waals surface area contributed by atoms with Crippen LogP contribution in [0, 0.1) is 0 Å². The maximum absolute atomic E-state index is 13.2. The summed E-state index contributed by atoms with van der Waals surface area (Å²) in [6.07, 6.45) is -2.00. The largest absolute Gasteiger partial charge is 0.417 e. The summed E-state index contributed by atoms with van der Waals surface area (Å²) in [5.74, 6) is -0.758. The van der Waals surface area contributed by atoms with Gasteiger partial charge in [-0.2, -0.15) is 17.5 Å². The minimum absolute atomic E-state index is 0.0682. The van der Waals surface area contributed by atoms with Gasteiger partial charge in [-0.05, 0) is 30.4 Å². The van der Waals surface area contributed by atoms with Crippen molar-refractivity contribution >= 4 is 43.6 Å². The van der Waals surface area contributed by atoms with E-state index in [9.17, 15) is 26.4 Å². The van der Waals surface area contributed by atoms with Crippen molar-refractivity contribution in [2.45, 2.75) is 29.3 Å². The number of nitrogens with zero attached hydrogens (tertiary/aromatic N) is 2. The van der Waals surface area contributed by atoms with Crippen LogP contribution in [-0.2, 0) is 16.2 Å². The maximum Gasteiger partial charge on any atom is 0.417 e. The normalized spacial score (nSPS) is 17.5. The van der Waals surface area contributed by atoms with Gasteiger partial charge in [-0.3, -0.25) is 4.79 Å². The molecule has 0 radical (unpaired) electrons. The highest BCUT2D eigenvalue weighted by Gasteiger charge is 2.37. The topological polar surface area (TPSA) is 79.4 Å². The highest BCUT2D eigenvalue weighted by molar-refractivity contribution is 7.91. The van der Waals surface area contributed by atoms with Crippen LogP contribution in [0.1, 0.15) is 33.6 Å². The number of carbonyl (C=O) groups excluding carboxylic acids is 1. The zero-order chi connectivity index (χ0) is 22.9. The van der Waals surface area contributed by atoms with Gasteiger partial charge in [0.2, 0.25) is 5.78 Å². The molecule has 0 bridgehead atoms. The first-order valence-electron chi connectivity index (χ1n) is 9.64. The zero-order valence-electron chi connectivity index (χ0n) is 16.5. The van der Waals surface area contributed by atoms with Gasteiger partial charge in [0.25, 0.3) is 10.0 Å². The lowest BCUT2D eigenvalue weighted by molar-refractivity contribution is -0.137. The SMILES string of the molecule is O=C(c1cnc(NC[C@@H]2CCCN2S(=O)(=O)c2cccs2)s1)c1ccccc1C(F)(F)F. The van der Waals surface area contributed by atoms with Crippen molar-refractivity contribution in [3.8, 4) is 0 Å². The van der Waals surface area contributed by atoms with Crippen molar-refractivity contribution < 1.29 is 26.4 Å². The minimum atomic E-state index is -4.64. The number of alkyl halides is 3. The number of carbonyl (C=O) groups is 1. The predicted octanol–water partition coefficient (Wildman–Crippen LogP) is 4.72. The Hall–Kier alpha value is -2.28. The van der Waals surface area contributed by atoms with Gasteiger partial charge in [-0.15, -0.1) is 11.3 Å². The summed E-state index contributed by atoms with van der Waals surface area (Å²) >= 11 is 2.10. The van der Waals surface area contributed by atoms with E-state index >= 15 is 0 Å². The van der Waals surface area contributed by atoms with Crippen molar-refractivity contribution in [1.82, 2.24) is 9.29 Å². The Morgan fingerprint density at radius 2 is 2.00 bits per heavy atom. The average molecular weight is 502 g/mol. The molecule has 170 valence electrons. The number of sulfonamides is 1. The molecule has 1 atom stereocenters. The molecule has 6 nitrogen and oxygen atoms in total. The number of ketones is 1. The lowest BCUT2D eigenvalue weighted by Gasteiger charge is -2.23. The minimum Gasteiger partial charge on any atom is -0.360 e. The molecule has 1 aliphatic rings. The summed E-state index contributed by atoms with van der Waals surface area (Å²) < 4.78 is 67.1. The van der Waals surface area contributed by atoms with Gasteiger partial charge in [0.05, 0.1) is 16.6 Å². The van der Waals surface area contributed by atoms with Gasteiger partial charge in [0.1, 0.15) is 4.21 Å². The lowest BCUT2D eigenvalue weighted by atomic mass is 10.0. The molecule has 1 N–H and O–H groups in total. The number of thiazole rings is 1. The number of hydrogen-bond donors (Lipinski definition) is 1. The second-order valence-corrected chi connectivity index (χ2v) is 11.2. The number of halogens is 3. The van der Waals surface area contributed by atoms with Crippen LogP contribution in [0.3, 0.4) is 0 Å². The Bertz CT molecular complexity index is 1210. The van der Waals surface area contributed by atoms with Gasteiger partial charge in [-0.25, -0.2) is 13.4 Å². The lowest BCUT2D eigenvalue weighted by Crippen LogP contribution is -2.39. The molecule has 0 unspecified atom stereocenters. The Morgan fingerprint density at radius 3 is 2.72 bits per heavy atom. The molecule has 1 aliphatic heterocycles. The first-order chi connectivity index (χ1) is 15.2. The van der Waals surface area contributed by atoms with Gasteiger partial charge in [0.15, 0.2) is 5.13 Å². The average Bonchev–Trinajstić information content (AvgIpc) is 3.53. The smallest absolute Gasteiger partial charge is 0.360 e. The fourth-order valence-electron chi connectivity index (χ4n) is 3.58. The molecular formula is C20H18F3N3O3S3. The summed E-state index contributed by atoms with van der Waals surface area (Å²) in [5, 5.41) is 5.09. The monoisotopic (exact) mass is 501 g/mol. The fourth-order valence-corrected chi connectivity index (χ4v) is 7.17. The first kappa shape index (κ1) is 22.9. The molecular weight excluding hydrogens is 483 g/mol. The van der Waals surface area contributed by atoms with E-state index in [0.29, 0.717) is 18.1 Å². The molecule has 1 saturated heterocycles. The Labute approximate surface area is 190 Å². The van der Waals surface area contributed by atoms with E-state index in [-0.39, 0.29) is 21.7 Å². The third-order valence-electron chi connectivity index (χ3n) is 5.08. The molecule has 4 rings (SSSR count). The molecule has 3 heterocycles. The Balaban J connectivity index is 1.46. The van der Waals surface area contributed by atoms with Crippen LogP contribution in [0.2, 0.25) is 0 Å². The highest BCUT2D eigenvalue weighted by Crippen LogP contribution is 2.34. The van der Waals surface area contributed by atoms with E-state index in [1.807, 2.05) is 0 Å². The van der Waals surface area contributed by atoms with E-state index in [1.54, 1.807) is 17.5 Å². The van der Waals surface area contributed by atoms with Gasteiger partial charge < -0.3 is 5.32 Å². The molecule has 0 aliphatic carbocycles. The molecule has 0 amide bonds. The number of thiophene rings is 1. The Morgan fingerprint density at radius 1 is 1.22 bits per heavy atom. The van der Waals surface area contributed by atoms with E-state index < -0.39 is 33.1 Å². The molecule has 32 heavy (non-hydrogen) atoms. The van der Waals surface area contributed by atoms with E-state index in [2.05, 4.69) is 10.3 Å². The summed E-state index contributed by atoms with van der Waals surface area (Å²) in [6.45, 7) is 0.702. The van der Waals surface area contributed by atoms with Crippen LogP contribution in [-0.4, -0.2) is 42.6 Å². The molecule has 2 aromatic heterocycles. The highest BCUT2D eigenvalue weighted by atomic mass is 32.2. The third-order valence-corrected chi connectivity index (χ3v) is 9.36. The van der Waals surface area contributed by atoms with Crippen LogP contribution >= 0.6 is 22.7 Å². The van der Waals surface area contributed by atoms with Gasteiger partial charge in [0, 0.05) is 24.7 Å². The molecule has 3 aromatic rings. The van der Waals surface area contributed by atoms with Crippen LogP contribution in [0.15, 0.2) is 52.2 Å². The van der Waals surface area contributed by atoms with E-state index in [0.717, 1.165) is 41.2 Å². The summed E-state index contributed by atoms with van der Waals surface area (Å²) in [5.41, 5.74) is -1.42. The Kier molecular flexibility index (Phi) is 6.39. The van der Waals surface area contributed by atoms with Gasteiger partial charge >= 0.3 is 6.18 Å². The van der Waals surface area contributed by atoms with Crippen molar-refractivity contribution in [3.63, 3.8) is 0 Å². The maximum atomic E-state index is 13.2. The summed E-state index contributed by atoms with van der Waals surface area (Å²) in [7, 11) is -3.58. The number of aromatic nitrogens is 1. The molecule has 0 spiro atoms. The molecule has 1 fully saturated rings. The van der Waals surface area contributed by atoms with E-state index in [1.165, 1.54) is 22.6 Å². The second-order valence-electron chi connectivity index (χ2n) is 7.13. The number of nitrogens with one attached hydrogen (secondary N) is 1. The van der Waals surface area contributed by atoms with Crippen molar-refractivity contribution in [1.29, 1.82) is 0 Å². The first-order valence-corrected chi connectivity index (χ1v) is 12.8. The molecule has 0 saturated carbocycles. The predicted molar refractivity (Wildman–Crippen MR) is 117 cm³/mol. The van der Waals surface area contributed by atoms with Crippen LogP contribution in [0.5, 0.6) is 0 Å². The van der Waals surface area contributed by atoms with Crippen molar-refractivity contribution in [3.05, 3.63) is 64.0 Å². The van der Waals surface area contributed by atoms with Crippen molar-refractivity contribution in [2.24, 2.45) is 0 Å². The number of anilines is 1. The van der Waals surface area contributed by atoms with Crippen LogP contribution in [0.25, 0.3) is 0 Å². The van der Waals surface area contributed by atoms with Crippen LogP contribution in [0.4, 0.5) is 18.3 Å². The second kappa shape index (κ2) is 8.93. The third kappa shape index (κ3) is 4.58. The number of rotatable bonds is 7. The van der Waals surface area contributed by atoms with Gasteiger partial charge in [-0.1, -0.05) is 35.6 Å². The van der Waals surface area contributed by atoms with Crippen LogP contribution < -0.4 is 5.32 Å². The summed E-state index contributed by atoms with van der Waals surface area (Å²) in [4.78, 5) is 16.8. The quantitative estimate of drug-likeness (QED) is 0.474. The van der Waals surface area contributed by atoms with E-state index in [4.69, 9.17) is 0 Å². The number of hydrogen-bond acceptors (Lipinski definition) is 7. The fraction of sp³-hybridized carbons (Fsp3) is 0.300. The molecule has 1 aromatic carbocycles. The molecule has 12 heteroatoms.